The molecular formula is C16H14N4O. The standard InChI is InChI=1S/C16H14N4O/c1-11-15-16(21)19(7-8-20(15)12(2)18-11)10-14-5-3-13(9-17)4-6-14/h3-8H,10H2,1-2H3. The van der Waals surface area contributed by atoms with Crippen LogP contribution < -0.4 is 5.56 Å². The fourth-order valence-electron chi connectivity index (χ4n) is 2.48. The van der Waals surface area contributed by atoms with Crippen molar-refractivity contribution in [1.82, 2.24) is 14.0 Å². The number of aromatic nitrogens is 3. The molecule has 3 aromatic rings. The lowest BCUT2D eigenvalue weighted by Gasteiger charge is -2.07. The van der Waals surface area contributed by atoms with E-state index < -0.39 is 0 Å². The van der Waals surface area contributed by atoms with Gasteiger partial charge in [0.25, 0.3) is 5.56 Å². The van der Waals surface area contributed by atoms with Gasteiger partial charge in [-0.05, 0) is 31.5 Å². The van der Waals surface area contributed by atoms with Crippen molar-refractivity contribution in [1.29, 1.82) is 5.26 Å². The van der Waals surface area contributed by atoms with Gasteiger partial charge in [-0.25, -0.2) is 4.98 Å². The molecular weight excluding hydrogens is 264 g/mol. The van der Waals surface area contributed by atoms with Crippen LogP contribution >= 0.6 is 0 Å². The van der Waals surface area contributed by atoms with E-state index in [1.807, 2.05) is 36.6 Å². The fraction of sp³-hybridized carbons (Fsp3) is 0.188. The maximum Gasteiger partial charge on any atom is 0.277 e. The van der Waals surface area contributed by atoms with Crippen LogP contribution in [0.2, 0.25) is 0 Å². The first-order chi connectivity index (χ1) is 10.1. The molecule has 0 N–H and O–H groups in total. The number of nitriles is 1. The topological polar surface area (TPSA) is 63.1 Å². The van der Waals surface area contributed by atoms with E-state index >= 15 is 0 Å². The lowest BCUT2D eigenvalue weighted by atomic mass is 10.1. The summed E-state index contributed by atoms with van der Waals surface area (Å²) in [6.45, 7) is 4.20. The number of fused-ring (bicyclic) bond motifs is 1. The number of aryl methyl sites for hydroxylation is 2. The van der Waals surface area contributed by atoms with Crippen molar-refractivity contribution in [3.8, 4) is 6.07 Å². The molecule has 2 heterocycles. The Balaban J connectivity index is 2.05. The summed E-state index contributed by atoms with van der Waals surface area (Å²) < 4.78 is 3.47. The van der Waals surface area contributed by atoms with Gasteiger partial charge in [-0.2, -0.15) is 5.26 Å². The Morgan fingerprint density at radius 2 is 1.90 bits per heavy atom. The summed E-state index contributed by atoms with van der Waals surface area (Å²) in [5.74, 6) is 0.810. The molecule has 0 fully saturated rings. The number of hydrogen-bond donors (Lipinski definition) is 0. The molecule has 1 aromatic carbocycles. The van der Waals surface area contributed by atoms with Crippen molar-refractivity contribution in [2.75, 3.05) is 0 Å². The summed E-state index contributed by atoms with van der Waals surface area (Å²) in [7, 11) is 0. The van der Waals surface area contributed by atoms with Gasteiger partial charge >= 0.3 is 0 Å². The molecule has 0 amide bonds. The zero-order valence-electron chi connectivity index (χ0n) is 11.9. The van der Waals surface area contributed by atoms with Gasteiger partial charge < -0.3 is 4.57 Å². The van der Waals surface area contributed by atoms with Crippen LogP contribution in [-0.2, 0) is 6.54 Å². The van der Waals surface area contributed by atoms with Crippen LogP contribution in [0.4, 0.5) is 0 Å². The summed E-state index contributed by atoms with van der Waals surface area (Å²) in [4.78, 5) is 16.9. The molecule has 0 unspecified atom stereocenters. The third-order valence-corrected chi connectivity index (χ3v) is 3.56. The van der Waals surface area contributed by atoms with Gasteiger partial charge in [0.05, 0.1) is 23.9 Å². The lowest BCUT2D eigenvalue weighted by molar-refractivity contribution is 0.751. The molecule has 0 aliphatic carbocycles. The Morgan fingerprint density at radius 1 is 1.19 bits per heavy atom. The number of benzene rings is 1. The highest BCUT2D eigenvalue weighted by molar-refractivity contribution is 5.50. The third-order valence-electron chi connectivity index (χ3n) is 3.56. The second kappa shape index (κ2) is 4.91. The molecule has 104 valence electrons. The highest BCUT2D eigenvalue weighted by Gasteiger charge is 2.10. The van der Waals surface area contributed by atoms with Crippen molar-refractivity contribution in [2.24, 2.45) is 0 Å². The number of nitrogens with zero attached hydrogens (tertiary/aromatic N) is 4. The van der Waals surface area contributed by atoms with E-state index in [1.54, 1.807) is 22.9 Å². The first-order valence-corrected chi connectivity index (χ1v) is 6.64. The van der Waals surface area contributed by atoms with Crippen LogP contribution in [0, 0.1) is 25.2 Å². The first-order valence-electron chi connectivity index (χ1n) is 6.64. The van der Waals surface area contributed by atoms with Crippen molar-refractivity contribution in [2.45, 2.75) is 20.4 Å². The molecule has 2 aromatic heterocycles. The summed E-state index contributed by atoms with van der Waals surface area (Å²) in [5, 5.41) is 8.80. The van der Waals surface area contributed by atoms with E-state index in [-0.39, 0.29) is 5.56 Å². The molecule has 0 atom stereocenters. The smallest absolute Gasteiger partial charge is 0.277 e. The zero-order chi connectivity index (χ0) is 15.0. The Kier molecular flexibility index (Phi) is 3.07. The van der Waals surface area contributed by atoms with Crippen LogP contribution in [0.15, 0.2) is 41.5 Å². The first kappa shape index (κ1) is 13.1. The van der Waals surface area contributed by atoms with Crippen molar-refractivity contribution in [3.63, 3.8) is 0 Å². The molecule has 0 bridgehead atoms. The van der Waals surface area contributed by atoms with E-state index in [4.69, 9.17) is 5.26 Å². The molecule has 3 rings (SSSR count). The second-order valence-electron chi connectivity index (χ2n) is 5.00. The third kappa shape index (κ3) is 2.21. The van der Waals surface area contributed by atoms with Crippen molar-refractivity contribution < 1.29 is 0 Å². The predicted molar refractivity (Wildman–Crippen MR) is 79.2 cm³/mol. The number of hydrogen-bond acceptors (Lipinski definition) is 3. The van der Waals surface area contributed by atoms with Gasteiger partial charge in [0.15, 0.2) is 0 Å². The van der Waals surface area contributed by atoms with E-state index in [2.05, 4.69) is 11.1 Å². The SMILES string of the molecule is Cc1nc(C)n2ccn(Cc3ccc(C#N)cc3)c(=O)c12. The average molecular weight is 278 g/mol. The molecule has 0 aliphatic heterocycles. The van der Waals surface area contributed by atoms with Crippen molar-refractivity contribution >= 4 is 5.52 Å². The lowest BCUT2D eigenvalue weighted by Crippen LogP contribution is -2.22. The summed E-state index contributed by atoms with van der Waals surface area (Å²) >= 11 is 0. The quantitative estimate of drug-likeness (QED) is 0.720. The molecule has 0 saturated heterocycles. The van der Waals surface area contributed by atoms with Crippen LogP contribution in [0.1, 0.15) is 22.6 Å². The minimum Gasteiger partial charge on any atom is -0.308 e. The fourth-order valence-corrected chi connectivity index (χ4v) is 2.48. The summed E-state index contributed by atoms with van der Waals surface area (Å²) in [5.41, 5.74) is 2.90. The normalized spacial score (nSPS) is 10.7. The highest BCUT2D eigenvalue weighted by atomic mass is 16.1. The summed E-state index contributed by atoms with van der Waals surface area (Å²) in [6.07, 6.45) is 3.62. The van der Waals surface area contributed by atoms with Gasteiger partial charge in [-0.1, -0.05) is 12.1 Å². The highest BCUT2D eigenvalue weighted by Crippen LogP contribution is 2.09. The number of imidazole rings is 1. The average Bonchev–Trinajstić information content (AvgIpc) is 2.78. The minimum absolute atomic E-state index is 0.0556. The zero-order valence-corrected chi connectivity index (χ0v) is 11.9. The second-order valence-corrected chi connectivity index (χ2v) is 5.00. The van der Waals surface area contributed by atoms with Gasteiger partial charge in [-0.15, -0.1) is 0 Å². The van der Waals surface area contributed by atoms with E-state index in [9.17, 15) is 4.79 Å². The van der Waals surface area contributed by atoms with Crippen LogP contribution in [-0.4, -0.2) is 14.0 Å². The van der Waals surface area contributed by atoms with Gasteiger partial charge in [0.1, 0.15) is 11.3 Å². The molecule has 5 nitrogen and oxygen atoms in total. The minimum atomic E-state index is -0.0556. The maximum atomic E-state index is 12.5. The molecule has 21 heavy (non-hydrogen) atoms. The Hall–Kier alpha value is -2.87. The predicted octanol–water partition coefficient (Wildman–Crippen LogP) is 2.03. The van der Waals surface area contributed by atoms with Gasteiger partial charge in [0.2, 0.25) is 0 Å². The van der Waals surface area contributed by atoms with E-state index in [1.165, 1.54) is 0 Å². The number of rotatable bonds is 2. The largest absolute Gasteiger partial charge is 0.308 e. The Bertz CT molecular complexity index is 910. The van der Waals surface area contributed by atoms with Crippen LogP contribution in [0.3, 0.4) is 0 Å². The molecule has 5 heteroatoms. The maximum absolute atomic E-state index is 12.5. The van der Waals surface area contributed by atoms with Crippen LogP contribution in [0.25, 0.3) is 5.52 Å². The molecule has 0 spiro atoms. The van der Waals surface area contributed by atoms with Crippen LogP contribution in [0.5, 0.6) is 0 Å². The molecule has 0 radical (unpaired) electrons. The van der Waals surface area contributed by atoms with Gasteiger partial charge in [-0.3, -0.25) is 9.20 Å². The monoisotopic (exact) mass is 278 g/mol. The van der Waals surface area contributed by atoms with E-state index in [0.29, 0.717) is 17.6 Å². The van der Waals surface area contributed by atoms with Gasteiger partial charge in [0, 0.05) is 12.4 Å². The molecule has 0 saturated carbocycles. The summed E-state index contributed by atoms with van der Waals surface area (Å²) in [6, 6.07) is 9.33. The Morgan fingerprint density at radius 3 is 2.57 bits per heavy atom. The van der Waals surface area contributed by atoms with Crippen molar-refractivity contribution in [3.05, 3.63) is 69.7 Å². The Labute approximate surface area is 121 Å². The molecule has 0 aliphatic rings. The van der Waals surface area contributed by atoms with E-state index in [0.717, 1.165) is 17.1 Å².